The standard InChI is InChI=1S/C8H6Cl2O/c9-8(10)7(11)6-4-2-1-3-5-6/h1-5,11H. The monoisotopic (exact) mass is 188 g/mol. The first-order chi connectivity index (χ1) is 5.22. The van der Waals surface area contributed by atoms with E-state index in [-0.39, 0.29) is 10.3 Å². The van der Waals surface area contributed by atoms with Crippen molar-refractivity contribution in [1.82, 2.24) is 0 Å². The van der Waals surface area contributed by atoms with Crippen molar-refractivity contribution in [2.45, 2.75) is 0 Å². The van der Waals surface area contributed by atoms with Crippen molar-refractivity contribution in [2.24, 2.45) is 0 Å². The topological polar surface area (TPSA) is 20.2 Å². The summed E-state index contributed by atoms with van der Waals surface area (Å²) >= 11 is 10.7. The van der Waals surface area contributed by atoms with Crippen LogP contribution in [0.2, 0.25) is 0 Å². The summed E-state index contributed by atoms with van der Waals surface area (Å²) in [7, 11) is 0. The molecule has 1 aromatic carbocycles. The molecule has 0 spiro atoms. The zero-order valence-electron chi connectivity index (χ0n) is 5.59. The van der Waals surface area contributed by atoms with E-state index in [1.54, 1.807) is 24.3 Å². The molecule has 0 aliphatic heterocycles. The molecule has 1 aromatic rings. The van der Waals surface area contributed by atoms with Gasteiger partial charge in [0, 0.05) is 5.56 Å². The molecule has 0 amide bonds. The molecular formula is C8H6Cl2O. The van der Waals surface area contributed by atoms with E-state index < -0.39 is 0 Å². The highest BCUT2D eigenvalue weighted by atomic mass is 35.5. The molecule has 1 nitrogen and oxygen atoms in total. The SMILES string of the molecule is OC(=C(Cl)Cl)c1ccccc1. The molecule has 0 aliphatic rings. The summed E-state index contributed by atoms with van der Waals surface area (Å²) in [6, 6.07) is 8.88. The first-order valence-corrected chi connectivity index (χ1v) is 3.77. The van der Waals surface area contributed by atoms with Crippen LogP contribution in [0, 0.1) is 0 Å². The van der Waals surface area contributed by atoms with Crippen LogP contribution in [0.1, 0.15) is 5.56 Å². The van der Waals surface area contributed by atoms with Crippen molar-refractivity contribution < 1.29 is 5.11 Å². The van der Waals surface area contributed by atoms with Crippen LogP contribution in [0.5, 0.6) is 0 Å². The number of rotatable bonds is 1. The van der Waals surface area contributed by atoms with Gasteiger partial charge in [-0.05, 0) is 0 Å². The largest absolute Gasteiger partial charge is 0.505 e. The van der Waals surface area contributed by atoms with Crippen molar-refractivity contribution in [2.75, 3.05) is 0 Å². The molecule has 0 aliphatic carbocycles. The van der Waals surface area contributed by atoms with Gasteiger partial charge < -0.3 is 5.11 Å². The van der Waals surface area contributed by atoms with Crippen LogP contribution in [0.15, 0.2) is 34.8 Å². The van der Waals surface area contributed by atoms with Crippen molar-refractivity contribution in [1.29, 1.82) is 0 Å². The number of hydrogen-bond donors (Lipinski definition) is 1. The summed E-state index contributed by atoms with van der Waals surface area (Å²) in [5.41, 5.74) is 0.618. The van der Waals surface area contributed by atoms with Gasteiger partial charge in [0.2, 0.25) is 0 Å². The van der Waals surface area contributed by atoms with Gasteiger partial charge >= 0.3 is 0 Å². The molecular weight excluding hydrogens is 183 g/mol. The Morgan fingerprint density at radius 1 is 1.09 bits per heavy atom. The summed E-state index contributed by atoms with van der Waals surface area (Å²) in [5, 5.41) is 9.21. The van der Waals surface area contributed by atoms with Crippen molar-refractivity contribution in [3.05, 3.63) is 40.4 Å². The van der Waals surface area contributed by atoms with Crippen molar-refractivity contribution in [3.63, 3.8) is 0 Å². The average Bonchev–Trinajstić information content (AvgIpc) is 2.05. The summed E-state index contributed by atoms with van der Waals surface area (Å²) in [5.74, 6) is -0.0890. The van der Waals surface area contributed by atoms with Gasteiger partial charge in [-0.1, -0.05) is 53.5 Å². The van der Waals surface area contributed by atoms with Crippen LogP contribution in [-0.2, 0) is 0 Å². The molecule has 0 saturated carbocycles. The molecule has 0 aromatic heterocycles. The summed E-state index contributed by atoms with van der Waals surface area (Å²) in [6.07, 6.45) is 0. The van der Waals surface area contributed by atoms with Crippen LogP contribution >= 0.6 is 23.2 Å². The maximum atomic E-state index is 9.21. The molecule has 0 unspecified atom stereocenters. The van der Waals surface area contributed by atoms with E-state index in [0.29, 0.717) is 5.56 Å². The smallest absolute Gasteiger partial charge is 0.152 e. The molecule has 0 bridgehead atoms. The van der Waals surface area contributed by atoms with E-state index in [2.05, 4.69) is 0 Å². The van der Waals surface area contributed by atoms with E-state index >= 15 is 0 Å². The fourth-order valence-electron chi connectivity index (χ4n) is 0.705. The number of halogens is 2. The van der Waals surface area contributed by atoms with Crippen LogP contribution in [-0.4, -0.2) is 5.11 Å². The van der Waals surface area contributed by atoms with E-state index in [4.69, 9.17) is 23.2 Å². The Kier molecular flexibility index (Phi) is 2.80. The second kappa shape index (κ2) is 3.65. The zero-order chi connectivity index (χ0) is 8.27. The molecule has 0 saturated heterocycles. The fourth-order valence-corrected chi connectivity index (χ4v) is 0.923. The molecule has 1 N–H and O–H groups in total. The molecule has 11 heavy (non-hydrogen) atoms. The number of hydrogen-bond acceptors (Lipinski definition) is 1. The van der Waals surface area contributed by atoms with Crippen LogP contribution < -0.4 is 0 Å². The Balaban J connectivity index is 3.04. The minimum Gasteiger partial charge on any atom is -0.505 e. The van der Waals surface area contributed by atoms with Gasteiger partial charge in [-0.15, -0.1) is 0 Å². The highest BCUT2D eigenvalue weighted by Gasteiger charge is 2.00. The van der Waals surface area contributed by atoms with E-state index in [1.807, 2.05) is 6.07 Å². The van der Waals surface area contributed by atoms with Crippen molar-refractivity contribution in [3.8, 4) is 0 Å². The Bertz CT molecular complexity index is 263. The maximum absolute atomic E-state index is 9.21. The van der Waals surface area contributed by atoms with Gasteiger partial charge in [0.25, 0.3) is 0 Å². The molecule has 0 radical (unpaired) electrons. The minimum absolute atomic E-state index is 0.0890. The van der Waals surface area contributed by atoms with E-state index in [1.165, 1.54) is 0 Å². The number of aliphatic hydroxyl groups excluding tert-OH is 1. The fraction of sp³-hybridized carbons (Fsp3) is 0. The lowest BCUT2D eigenvalue weighted by molar-refractivity contribution is 0.512. The second-order valence-electron chi connectivity index (χ2n) is 1.98. The Morgan fingerprint density at radius 2 is 1.64 bits per heavy atom. The maximum Gasteiger partial charge on any atom is 0.152 e. The lowest BCUT2D eigenvalue weighted by Gasteiger charge is -1.97. The Hall–Kier alpha value is -0.660. The van der Waals surface area contributed by atoms with Gasteiger partial charge in [0.1, 0.15) is 4.49 Å². The summed E-state index contributed by atoms with van der Waals surface area (Å²) in [4.78, 5) is 0. The molecule has 0 atom stereocenters. The molecule has 1 rings (SSSR count). The van der Waals surface area contributed by atoms with E-state index in [9.17, 15) is 5.11 Å². The predicted octanol–water partition coefficient (Wildman–Crippen LogP) is 3.35. The normalized spacial score (nSPS) is 9.27. The zero-order valence-corrected chi connectivity index (χ0v) is 7.10. The third-order valence-corrected chi connectivity index (χ3v) is 1.58. The lowest BCUT2D eigenvalue weighted by Crippen LogP contribution is -1.81. The number of aliphatic hydroxyl groups is 1. The van der Waals surface area contributed by atoms with Gasteiger partial charge in [0.05, 0.1) is 0 Å². The Labute approximate surface area is 74.9 Å². The molecule has 58 valence electrons. The quantitative estimate of drug-likeness (QED) is 0.671. The lowest BCUT2D eigenvalue weighted by atomic mass is 10.2. The molecule has 3 heteroatoms. The highest BCUT2D eigenvalue weighted by Crippen LogP contribution is 2.20. The second-order valence-corrected chi connectivity index (χ2v) is 2.92. The summed E-state index contributed by atoms with van der Waals surface area (Å²) < 4.78 is -0.115. The third kappa shape index (κ3) is 2.14. The van der Waals surface area contributed by atoms with Crippen LogP contribution in [0.25, 0.3) is 5.76 Å². The first-order valence-electron chi connectivity index (χ1n) is 3.01. The molecule has 0 fully saturated rings. The van der Waals surface area contributed by atoms with Crippen LogP contribution in [0.4, 0.5) is 0 Å². The average molecular weight is 189 g/mol. The first kappa shape index (κ1) is 8.44. The van der Waals surface area contributed by atoms with Crippen molar-refractivity contribution >= 4 is 29.0 Å². The summed E-state index contributed by atoms with van der Waals surface area (Å²) in [6.45, 7) is 0. The number of benzene rings is 1. The highest BCUT2D eigenvalue weighted by molar-refractivity contribution is 6.58. The Morgan fingerprint density at radius 3 is 2.09 bits per heavy atom. The van der Waals surface area contributed by atoms with Gasteiger partial charge in [-0.25, -0.2) is 0 Å². The minimum atomic E-state index is -0.115. The predicted molar refractivity (Wildman–Crippen MR) is 47.7 cm³/mol. The third-order valence-electron chi connectivity index (χ3n) is 1.23. The van der Waals surface area contributed by atoms with Gasteiger partial charge in [-0.3, -0.25) is 0 Å². The van der Waals surface area contributed by atoms with Gasteiger partial charge in [-0.2, -0.15) is 0 Å². The van der Waals surface area contributed by atoms with Crippen LogP contribution in [0.3, 0.4) is 0 Å². The van der Waals surface area contributed by atoms with Gasteiger partial charge in [0.15, 0.2) is 5.76 Å². The van der Waals surface area contributed by atoms with E-state index in [0.717, 1.165) is 0 Å². The molecule has 0 heterocycles.